The zero-order valence-corrected chi connectivity index (χ0v) is 19.2. The number of likely N-dealkylation sites (tertiary alicyclic amines) is 2. The first-order valence-corrected chi connectivity index (χ1v) is 11.4. The highest BCUT2D eigenvalue weighted by molar-refractivity contribution is 5.88. The first-order valence-electron chi connectivity index (χ1n) is 11.4. The molecule has 1 unspecified atom stereocenters. The summed E-state index contributed by atoms with van der Waals surface area (Å²) in [7, 11) is 3.37. The molecule has 7 heteroatoms. The zero-order valence-electron chi connectivity index (χ0n) is 19.2. The van der Waals surface area contributed by atoms with Gasteiger partial charge in [0.2, 0.25) is 11.8 Å². The highest BCUT2D eigenvalue weighted by Gasteiger charge is 2.33. The molecule has 0 bridgehead atoms. The Bertz CT molecular complexity index is 733. The van der Waals surface area contributed by atoms with Crippen LogP contribution in [0.5, 0.6) is 5.75 Å². The molecule has 2 amide bonds. The SMILES string of the molecule is COCCN(CC1CCN(Cc2ccccc2OC)CC1)C(=O)C(C)N1CCCC1=O. The second kappa shape index (κ2) is 11.5. The van der Waals surface area contributed by atoms with Crippen molar-refractivity contribution in [3.63, 3.8) is 0 Å². The molecule has 0 spiro atoms. The lowest BCUT2D eigenvalue weighted by molar-refractivity contribution is -0.143. The molecule has 7 nitrogen and oxygen atoms in total. The normalized spacial score (nSPS) is 18.9. The van der Waals surface area contributed by atoms with Crippen LogP contribution in [-0.4, -0.2) is 86.1 Å². The number of para-hydroxylation sites is 1. The van der Waals surface area contributed by atoms with Crippen molar-refractivity contribution in [2.75, 3.05) is 53.6 Å². The third-order valence-electron chi connectivity index (χ3n) is 6.58. The Morgan fingerprint density at radius 2 is 1.94 bits per heavy atom. The molecule has 1 aromatic carbocycles. The van der Waals surface area contributed by atoms with Crippen LogP contribution in [0, 0.1) is 5.92 Å². The lowest BCUT2D eigenvalue weighted by Crippen LogP contribution is -2.50. The number of nitrogens with zero attached hydrogens (tertiary/aromatic N) is 3. The third kappa shape index (κ3) is 6.20. The molecule has 2 fully saturated rings. The summed E-state index contributed by atoms with van der Waals surface area (Å²) >= 11 is 0. The second-order valence-corrected chi connectivity index (χ2v) is 8.68. The lowest BCUT2D eigenvalue weighted by atomic mass is 9.95. The molecule has 0 N–H and O–H groups in total. The summed E-state index contributed by atoms with van der Waals surface area (Å²) in [6, 6.07) is 7.79. The van der Waals surface area contributed by atoms with Gasteiger partial charge in [0.1, 0.15) is 11.8 Å². The first-order chi connectivity index (χ1) is 15.0. The van der Waals surface area contributed by atoms with Crippen LogP contribution in [0.3, 0.4) is 0 Å². The van der Waals surface area contributed by atoms with Crippen molar-refractivity contribution in [3.05, 3.63) is 29.8 Å². The molecular weight excluding hydrogens is 394 g/mol. The summed E-state index contributed by atoms with van der Waals surface area (Å²) in [5.41, 5.74) is 1.21. The fourth-order valence-electron chi connectivity index (χ4n) is 4.68. The van der Waals surface area contributed by atoms with Crippen LogP contribution in [0.4, 0.5) is 0 Å². The number of carbonyl (C=O) groups is 2. The molecule has 3 rings (SSSR count). The molecule has 0 saturated carbocycles. The van der Waals surface area contributed by atoms with E-state index in [0.29, 0.717) is 32.0 Å². The summed E-state index contributed by atoms with van der Waals surface area (Å²) in [6.07, 6.45) is 3.52. The van der Waals surface area contributed by atoms with Crippen molar-refractivity contribution in [3.8, 4) is 5.75 Å². The van der Waals surface area contributed by atoms with Crippen LogP contribution in [0.2, 0.25) is 0 Å². The minimum atomic E-state index is -0.391. The van der Waals surface area contributed by atoms with Gasteiger partial charge in [-0.2, -0.15) is 0 Å². The van der Waals surface area contributed by atoms with Crippen LogP contribution in [0.15, 0.2) is 24.3 Å². The van der Waals surface area contributed by atoms with E-state index in [1.54, 1.807) is 19.1 Å². The van der Waals surface area contributed by atoms with Crippen molar-refractivity contribution in [2.24, 2.45) is 5.92 Å². The second-order valence-electron chi connectivity index (χ2n) is 8.68. The summed E-state index contributed by atoms with van der Waals surface area (Å²) in [6.45, 7) is 7.27. The molecule has 31 heavy (non-hydrogen) atoms. The van der Waals surface area contributed by atoms with Gasteiger partial charge in [-0.1, -0.05) is 18.2 Å². The van der Waals surface area contributed by atoms with Gasteiger partial charge in [0.25, 0.3) is 0 Å². The Balaban J connectivity index is 1.54. The molecule has 2 saturated heterocycles. The van der Waals surface area contributed by atoms with Gasteiger partial charge in [0, 0.05) is 45.3 Å². The van der Waals surface area contributed by atoms with Crippen LogP contribution in [0.1, 0.15) is 38.2 Å². The van der Waals surface area contributed by atoms with Crippen LogP contribution in [0.25, 0.3) is 0 Å². The molecule has 172 valence electrons. The first kappa shape index (κ1) is 23.5. The number of piperidine rings is 1. The molecule has 2 aliphatic rings. The molecular formula is C24H37N3O4. The van der Waals surface area contributed by atoms with Gasteiger partial charge in [0.15, 0.2) is 0 Å². The average molecular weight is 432 g/mol. The highest BCUT2D eigenvalue weighted by Crippen LogP contribution is 2.24. The fourth-order valence-corrected chi connectivity index (χ4v) is 4.68. The van der Waals surface area contributed by atoms with Crippen LogP contribution in [-0.2, 0) is 20.9 Å². The Labute approximate surface area is 186 Å². The Morgan fingerprint density at radius 3 is 2.58 bits per heavy atom. The summed E-state index contributed by atoms with van der Waals surface area (Å²) in [4.78, 5) is 31.4. The van der Waals surface area contributed by atoms with Gasteiger partial charge in [-0.3, -0.25) is 14.5 Å². The van der Waals surface area contributed by atoms with Gasteiger partial charge in [-0.15, -0.1) is 0 Å². The van der Waals surface area contributed by atoms with Crippen molar-refractivity contribution in [1.82, 2.24) is 14.7 Å². The Kier molecular flexibility index (Phi) is 8.72. The van der Waals surface area contributed by atoms with Crippen molar-refractivity contribution in [1.29, 1.82) is 0 Å². The highest BCUT2D eigenvalue weighted by atomic mass is 16.5. The molecule has 0 radical (unpaired) electrons. The van der Waals surface area contributed by atoms with Gasteiger partial charge in [-0.05, 0) is 51.3 Å². The summed E-state index contributed by atoms with van der Waals surface area (Å²) < 4.78 is 10.7. The van der Waals surface area contributed by atoms with Crippen molar-refractivity contribution in [2.45, 2.75) is 45.2 Å². The molecule has 2 aliphatic heterocycles. The molecule has 0 aliphatic carbocycles. The minimum Gasteiger partial charge on any atom is -0.496 e. The van der Waals surface area contributed by atoms with Crippen LogP contribution >= 0.6 is 0 Å². The molecule has 2 heterocycles. The lowest BCUT2D eigenvalue weighted by Gasteiger charge is -2.36. The van der Waals surface area contributed by atoms with E-state index in [-0.39, 0.29) is 11.8 Å². The van der Waals surface area contributed by atoms with Crippen molar-refractivity contribution < 1.29 is 19.1 Å². The summed E-state index contributed by atoms with van der Waals surface area (Å²) in [5, 5.41) is 0. The standard InChI is InChI=1S/C24H37N3O4/c1-19(27-12-6-9-23(27)28)24(29)26(15-16-30-2)17-20-10-13-25(14-11-20)18-21-7-4-5-8-22(21)31-3/h4-5,7-8,19-20H,6,9-18H2,1-3H3. The van der Waals surface area contributed by atoms with Gasteiger partial charge >= 0.3 is 0 Å². The van der Waals surface area contributed by atoms with Gasteiger partial charge in [-0.25, -0.2) is 0 Å². The monoisotopic (exact) mass is 431 g/mol. The largest absolute Gasteiger partial charge is 0.496 e. The number of methoxy groups -OCH3 is 2. The quantitative estimate of drug-likeness (QED) is 0.569. The maximum atomic E-state index is 13.2. The van der Waals surface area contributed by atoms with Gasteiger partial charge < -0.3 is 19.3 Å². The molecule has 1 atom stereocenters. The minimum absolute atomic E-state index is 0.0451. The average Bonchev–Trinajstić information content (AvgIpc) is 3.23. The summed E-state index contributed by atoms with van der Waals surface area (Å²) in [5.74, 6) is 1.54. The number of carbonyl (C=O) groups excluding carboxylic acids is 2. The predicted molar refractivity (Wildman–Crippen MR) is 120 cm³/mol. The third-order valence-corrected chi connectivity index (χ3v) is 6.58. The number of ether oxygens (including phenoxy) is 2. The Morgan fingerprint density at radius 1 is 1.19 bits per heavy atom. The van der Waals surface area contributed by atoms with E-state index >= 15 is 0 Å². The van der Waals surface area contributed by atoms with E-state index in [0.717, 1.165) is 51.2 Å². The molecule has 1 aromatic rings. The van der Waals surface area contributed by atoms with Crippen molar-refractivity contribution >= 4 is 11.8 Å². The van der Waals surface area contributed by atoms with E-state index in [2.05, 4.69) is 17.0 Å². The smallest absolute Gasteiger partial charge is 0.245 e. The maximum Gasteiger partial charge on any atom is 0.245 e. The van der Waals surface area contributed by atoms with E-state index < -0.39 is 6.04 Å². The Hall–Kier alpha value is -2.12. The predicted octanol–water partition coefficient (Wildman–Crippen LogP) is 2.39. The fraction of sp³-hybridized carbons (Fsp3) is 0.667. The molecule has 0 aromatic heterocycles. The number of benzene rings is 1. The number of rotatable bonds is 10. The number of amides is 2. The topological polar surface area (TPSA) is 62.3 Å². The maximum absolute atomic E-state index is 13.2. The van der Waals surface area contributed by atoms with Gasteiger partial charge in [0.05, 0.1) is 13.7 Å². The van der Waals surface area contributed by atoms with E-state index in [1.165, 1.54) is 5.56 Å². The van der Waals surface area contributed by atoms with E-state index in [1.807, 2.05) is 24.0 Å². The number of hydrogen-bond donors (Lipinski definition) is 0. The van der Waals surface area contributed by atoms with E-state index in [9.17, 15) is 9.59 Å². The zero-order chi connectivity index (χ0) is 22.2. The number of hydrogen-bond acceptors (Lipinski definition) is 5. The van der Waals surface area contributed by atoms with Crippen LogP contribution < -0.4 is 4.74 Å². The van der Waals surface area contributed by atoms with E-state index in [4.69, 9.17) is 9.47 Å².